The van der Waals surface area contributed by atoms with Gasteiger partial charge in [0.1, 0.15) is 6.54 Å². The second-order valence-corrected chi connectivity index (χ2v) is 7.36. The van der Waals surface area contributed by atoms with Gasteiger partial charge in [-0.25, -0.2) is 0 Å². The number of benzene rings is 1. The number of hydrogen-bond acceptors (Lipinski definition) is 5. The van der Waals surface area contributed by atoms with Gasteiger partial charge in [-0.1, -0.05) is 13.0 Å². The lowest BCUT2D eigenvalue weighted by molar-refractivity contribution is -0.137. The maximum absolute atomic E-state index is 12.8. The summed E-state index contributed by atoms with van der Waals surface area (Å²) in [6, 6.07) is 4.39. The predicted octanol–water partition coefficient (Wildman–Crippen LogP) is 2.45. The molecular weight excluding hydrogens is 415 g/mol. The molecule has 0 spiro atoms. The van der Waals surface area contributed by atoms with Gasteiger partial charge in [-0.05, 0) is 18.2 Å². The molecule has 0 aliphatic carbocycles. The average Bonchev–Trinajstić information content (AvgIpc) is 3.14. The Bertz CT molecular complexity index is 909. The Hall–Kier alpha value is -2.92. The minimum atomic E-state index is -4.49. The standard InChI is InChI=1S/C20H24F3N5O3/c1-14(11-27-5-7-31-8-6-27)19(30)26-17-10-24-28(12-17)13-18(29)25-16-4-2-3-15(9-16)20(21,22)23/h2-4,9-10,12,14H,5-8,11,13H2,1H3,(H,25,29)(H,26,30)/t14-/m1/s1. The van der Waals surface area contributed by atoms with E-state index < -0.39 is 17.6 Å². The molecule has 2 aromatic rings. The van der Waals surface area contributed by atoms with E-state index in [1.165, 1.54) is 29.2 Å². The maximum Gasteiger partial charge on any atom is 0.416 e. The predicted molar refractivity (Wildman–Crippen MR) is 107 cm³/mol. The highest BCUT2D eigenvalue weighted by molar-refractivity contribution is 5.92. The molecular formula is C20H24F3N5O3. The largest absolute Gasteiger partial charge is 0.416 e. The van der Waals surface area contributed by atoms with Crippen molar-refractivity contribution in [2.75, 3.05) is 43.5 Å². The van der Waals surface area contributed by atoms with Crippen molar-refractivity contribution in [3.63, 3.8) is 0 Å². The van der Waals surface area contributed by atoms with Crippen LogP contribution in [0.5, 0.6) is 0 Å². The fourth-order valence-electron chi connectivity index (χ4n) is 3.15. The van der Waals surface area contributed by atoms with Crippen LogP contribution >= 0.6 is 0 Å². The Morgan fingerprint density at radius 3 is 2.65 bits per heavy atom. The van der Waals surface area contributed by atoms with Crippen LogP contribution in [0.25, 0.3) is 0 Å². The fraction of sp³-hybridized carbons (Fsp3) is 0.450. The summed E-state index contributed by atoms with van der Waals surface area (Å²) in [6.45, 7) is 5.12. The number of anilines is 2. The Labute approximate surface area is 177 Å². The van der Waals surface area contributed by atoms with Crippen LogP contribution in [0.4, 0.5) is 24.5 Å². The molecule has 1 saturated heterocycles. The number of hydrogen-bond donors (Lipinski definition) is 2. The molecule has 3 rings (SSSR count). The molecule has 0 saturated carbocycles. The number of carbonyl (C=O) groups is 2. The number of morpholine rings is 1. The average molecular weight is 439 g/mol. The summed E-state index contributed by atoms with van der Waals surface area (Å²) in [7, 11) is 0. The molecule has 1 aliphatic heterocycles. The van der Waals surface area contributed by atoms with Crippen LogP contribution in [0, 0.1) is 5.92 Å². The molecule has 31 heavy (non-hydrogen) atoms. The van der Waals surface area contributed by atoms with Crippen LogP contribution in [0.1, 0.15) is 12.5 Å². The van der Waals surface area contributed by atoms with Gasteiger partial charge in [-0.3, -0.25) is 19.2 Å². The van der Waals surface area contributed by atoms with E-state index in [1.807, 2.05) is 6.92 Å². The number of carbonyl (C=O) groups excluding carboxylic acids is 2. The van der Waals surface area contributed by atoms with E-state index in [0.717, 1.165) is 25.2 Å². The Balaban J connectivity index is 1.50. The zero-order valence-corrected chi connectivity index (χ0v) is 17.0. The van der Waals surface area contributed by atoms with Crippen molar-refractivity contribution in [1.82, 2.24) is 14.7 Å². The molecule has 11 heteroatoms. The lowest BCUT2D eigenvalue weighted by Gasteiger charge is -2.28. The summed E-state index contributed by atoms with van der Waals surface area (Å²) < 4.78 is 44.9. The highest BCUT2D eigenvalue weighted by Crippen LogP contribution is 2.30. The van der Waals surface area contributed by atoms with Gasteiger partial charge in [-0.2, -0.15) is 18.3 Å². The molecule has 0 bridgehead atoms. The number of rotatable bonds is 7. The van der Waals surface area contributed by atoms with Crippen LogP contribution < -0.4 is 10.6 Å². The van der Waals surface area contributed by atoms with Gasteiger partial charge >= 0.3 is 6.18 Å². The summed E-state index contributed by atoms with van der Waals surface area (Å²) in [6.07, 6.45) is -1.59. The molecule has 2 N–H and O–H groups in total. The van der Waals surface area contributed by atoms with E-state index in [-0.39, 0.29) is 24.1 Å². The maximum atomic E-state index is 12.8. The SMILES string of the molecule is C[C@H](CN1CCOCC1)C(=O)Nc1cnn(CC(=O)Nc2cccc(C(F)(F)F)c2)c1. The molecule has 1 fully saturated rings. The third-order valence-corrected chi connectivity index (χ3v) is 4.76. The fourth-order valence-corrected chi connectivity index (χ4v) is 3.15. The minimum Gasteiger partial charge on any atom is -0.379 e. The van der Waals surface area contributed by atoms with E-state index in [1.54, 1.807) is 0 Å². The molecule has 2 amide bonds. The van der Waals surface area contributed by atoms with Crippen LogP contribution in [0.3, 0.4) is 0 Å². The van der Waals surface area contributed by atoms with E-state index in [0.29, 0.717) is 25.4 Å². The Morgan fingerprint density at radius 1 is 1.19 bits per heavy atom. The van der Waals surface area contributed by atoms with E-state index in [2.05, 4.69) is 20.6 Å². The number of alkyl halides is 3. The third kappa shape index (κ3) is 6.79. The minimum absolute atomic E-state index is 0.0393. The zero-order chi connectivity index (χ0) is 22.4. The molecule has 0 radical (unpaired) electrons. The van der Waals surface area contributed by atoms with Gasteiger partial charge in [0, 0.05) is 37.4 Å². The lowest BCUT2D eigenvalue weighted by atomic mass is 10.1. The van der Waals surface area contributed by atoms with Gasteiger partial charge in [-0.15, -0.1) is 0 Å². The van der Waals surface area contributed by atoms with Crippen molar-refractivity contribution in [2.24, 2.45) is 5.92 Å². The number of amides is 2. The van der Waals surface area contributed by atoms with Crippen LogP contribution in [0.15, 0.2) is 36.7 Å². The first-order valence-electron chi connectivity index (χ1n) is 9.81. The van der Waals surface area contributed by atoms with Crippen molar-refractivity contribution < 1.29 is 27.5 Å². The zero-order valence-electron chi connectivity index (χ0n) is 17.0. The molecule has 2 heterocycles. The molecule has 0 unspecified atom stereocenters. The van der Waals surface area contributed by atoms with E-state index in [4.69, 9.17) is 4.74 Å². The second-order valence-electron chi connectivity index (χ2n) is 7.36. The van der Waals surface area contributed by atoms with E-state index in [9.17, 15) is 22.8 Å². The highest BCUT2D eigenvalue weighted by Gasteiger charge is 2.30. The number of nitrogens with one attached hydrogen (secondary N) is 2. The first kappa shape index (κ1) is 22.8. The molecule has 8 nitrogen and oxygen atoms in total. The Morgan fingerprint density at radius 2 is 1.94 bits per heavy atom. The molecule has 1 aromatic carbocycles. The quantitative estimate of drug-likeness (QED) is 0.692. The van der Waals surface area contributed by atoms with Crippen molar-refractivity contribution >= 4 is 23.2 Å². The number of halogens is 3. The lowest BCUT2D eigenvalue weighted by Crippen LogP contribution is -2.41. The molecule has 168 valence electrons. The van der Waals surface area contributed by atoms with Gasteiger partial charge in [0.05, 0.1) is 30.7 Å². The highest BCUT2D eigenvalue weighted by atomic mass is 19.4. The summed E-state index contributed by atoms with van der Waals surface area (Å²) in [5, 5.41) is 9.19. The monoisotopic (exact) mass is 439 g/mol. The number of ether oxygens (including phenoxy) is 1. The molecule has 1 aromatic heterocycles. The molecule has 1 atom stereocenters. The summed E-state index contributed by atoms with van der Waals surface area (Å²) in [5.74, 6) is -0.953. The van der Waals surface area contributed by atoms with Gasteiger partial charge in [0.15, 0.2) is 0 Å². The van der Waals surface area contributed by atoms with Crippen molar-refractivity contribution in [3.8, 4) is 0 Å². The second kappa shape index (κ2) is 9.92. The van der Waals surface area contributed by atoms with Crippen molar-refractivity contribution in [3.05, 3.63) is 42.2 Å². The van der Waals surface area contributed by atoms with Crippen LogP contribution in [-0.2, 0) is 27.0 Å². The van der Waals surface area contributed by atoms with Gasteiger partial charge in [0.25, 0.3) is 0 Å². The van der Waals surface area contributed by atoms with Crippen LogP contribution in [-0.4, -0.2) is 59.3 Å². The van der Waals surface area contributed by atoms with Gasteiger partial charge in [0.2, 0.25) is 11.8 Å². The smallest absolute Gasteiger partial charge is 0.379 e. The first-order valence-corrected chi connectivity index (χ1v) is 9.81. The summed E-state index contributed by atoms with van der Waals surface area (Å²) in [5.41, 5.74) is -0.372. The van der Waals surface area contributed by atoms with Gasteiger partial charge < -0.3 is 15.4 Å². The number of aromatic nitrogens is 2. The number of nitrogens with zero attached hydrogens (tertiary/aromatic N) is 3. The van der Waals surface area contributed by atoms with Crippen LogP contribution in [0.2, 0.25) is 0 Å². The molecule has 1 aliphatic rings. The summed E-state index contributed by atoms with van der Waals surface area (Å²) >= 11 is 0. The van der Waals surface area contributed by atoms with Crippen molar-refractivity contribution in [2.45, 2.75) is 19.6 Å². The van der Waals surface area contributed by atoms with E-state index >= 15 is 0 Å². The normalized spacial score (nSPS) is 16.0. The first-order chi connectivity index (χ1) is 14.7. The third-order valence-electron chi connectivity index (χ3n) is 4.76. The summed E-state index contributed by atoms with van der Waals surface area (Å²) in [4.78, 5) is 26.7. The Kier molecular flexibility index (Phi) is 7.29. The van der Waals surface area contributed by atoms with Crippen molar-refractivity contribution in [1.29, 1.82) is 0 Å². The topological polar surface area (TPSA) is 88.5 Å².